The molecule has 0 atom stereocenters. The first kappa shape index (κ1) is 22.8. The lowest BCUT2D eigenvalue weighted by molar-refractivity contribution is -0.117. The summed E-state index contributed by atoms with van der Waals surface area (Å²) in [6, 6.07) is 3.89. The van der Waals surface area contributed by atoms with Crippen LogP contribution in [0, 0.1) is 0 Å². The maximum absolute atomic E-state index is 12.9. The maximum atomic E-state index is 12.9. The zero-order chi connectivity index (χ0) is 24.7. The van der Waals surface area contributed by atoms with Crippen molar-refractivity contribution in [1.29, 1.82) is 0 Å². The first-order valence-electron chi connectivity index (χ1n) is 10.5. The standard InChI is InChI=1S/C21H23N7O6/c1-11(2)26-6-7-27-15(8-13(29)18(31)17(27)20(26)33)25(3)16(30)9-22-19(32)12-4-5-14-23-24-21(34)28(14)10-12/h4-5,8,10-11,31H,6-7,9H2,1-3H3,(H,22,32)(H,24,34). The monoisotopic (exact) mass is 469 g/mol. The Hall–Kier alpha value is -4.42. The van der Waals surface area contributed by atoms with E-state index in [0.717, 1.165) is 15.4 Å². The molecule has 4 heterocycles. The highest BCUT2D eigenvalue weighted by Crippen LogP contribution is 2.26. The topological polar surface area (TPSA) is 162 Å². The number of hydrogen-bond donors (Lipinski definition) is 3. The molecule has 3 amide bonds. The van der Waals surface area contributed by atoms with E-state index in [1.54, 1.807) is 0 Å². The highest BCUT2D eigenvalue weighted by Gasteiger charge is 2.32. The van der Waals surface area contributed by atoms with Gasteiger partial charge in [-0.1, -0.05) is 0 Å². The van der Waals surface area contributed by atoms with Gasteiger partial charge in [-0.05, 0) is 26.0 Å². The Labute approximate surface area is 192 Å². The van der Waals surface area contributed by atoms with Crippen molar-refractivity contribution in [2.45, 2.75) is 26.4 Å². The minimum atomic E-state index is -0.789. The number of anilines is 1. The van der Waals surface area contributed by atoms with Gasteiger partial charge in [0.2, 0.25) is 11.3 Å². The number of aromatic hydroxyl groups is 1. The molecule has 0 bridgehead atoms. The minimum absolute atomic E-state index is 0.125. The van der Waals surface area contributed by atoms with Crippen LogP contribution in [0.2, 0.25) is 0 Å². The third-order valence-electron chi connectivity index (χ3n) is 5.71. The van der Waals surface area contributed by atoms with E-state index in [9.17, 15) is 29.1 Å². The van der Waals surface area contributed by atoms with Crippen LogP contribution in [0.15, 0.2) is 34.0 Å². The second kappa shape index (κ2) is 8.50. The maximum Gasteiger partial charge on any atom is 0.347 e. The summed E-state index contributed by atoms with van der Waals surface area (Å²) < 4.78 is 2.59. The summed E-state index contributed by atoms with van der Waals surface area (Å²) in [5, 5.41) is 18.8. The van der Waals surface area contributed by atoms with Gasteiger partial charge in [-0.2, -0.15) is 5.10 Å². The fourth-order valence-electron chi connectivity index (χ4n) is 3.83. The fraction of sp³-hybridized carbons (Fsp3) is 0.333. The number of carbonyl (C=O) groups excluding carboxylic acids is 3. The van der Waals surface area contributed by atoms with Crippen LogP contribution in [0.3, 0.4) is 0 Å². The van der Waals surface area contributed by atoms with Crippen molar-refractivity contribution in [2.24, 2.45) is 0 Å². The molecule has 1 aliphatic heterocycles. The highest BCUT2D eigenvalue weighted by atomic mass is 16.3. The third-order valence-corrected chi connectivity index (χ3v) is 5.71. The summed E-state index contributed by atoms with van der Waals surface area (Å²) in [6.45, 7) is 3.85. The zero-order valence-electron chi connectivity index (χ0n) is 18.7. The lowest BCUT2D eigenvalue weighted by Gasteiger charge is -2.35. The number of pyridine rings is 2. The number of nitrogens with one attached hydrogen (secondary N) is 2. The van der Waals surface area contributed by atoms with Gasteiger partial charge in [0.25, 0.3) is 11.8 Å². The van der Waals surface area contributed by atoms with E-state index < -0.39 is 41.1 Å². The van der Waals surface area contributed by atoms with E-state index in [-0.39, 0.29) is 29.7 Å². The largest absolute Gasteiger partial charge is 0.503 e. The smallest absolute Gasteiger partial charge is 0.347 e. The molecule has 0 spiro atoms. The van der Waals surface area contributed by atoms with Crippen molar-refractivity contribution >= 4 is 29.2 Å². The van der Waals surface area contributed by atoms with Crippen LogP contribution in [-0.2, 0) is 11.3 Å². The van der Waals surface area contributed by atoms with Gasteiger partial charge >= 0.3 is 5.69 Å². The molecule has 4 rings (SSSR count). The number of rotatable bonds is 5. The number of H-pyrrole nitrogens is 1. The molecule has 0 radical (unpaired) electrons. The van der Waals surface area contributed by atoms with Crippen molar-refractivity contribution in [1.82, 2.24) is 29.4 Å². The summed E-state index contributed by atoms with van der Waals surface area (Å²) >= 11 is 0. The molecule has 3 aromatic heterocycles. The Kier molecular flexibility index (Phi) is 5.69. The van der Waals surface area contributed by atoms with Gasteiger partial charge in [-0.3, -0.25) is 24.1 Å². The molecule has 34 heavy (non-hydrogen) atoms. The second-order valence-electron chi connectivity index (χ2n) is 8.12. The van der Waals surface area contributed by atoms with E-state index in [2.05, 4.69) is 15.5 Å². The first-order chi connectivity index (χ1) is 16.1. The normalized spacial score (nSPS) is 13.3. The molecule has 13 heteroatoms. The molecule has 0 aliphatic carbocycles. The number of aromatic amines is 1. The highest BCUT2D eigenvalue weighted by molar-refractivity contribution is 6.01. The van der Waals surface area contributed by atoms with Crippen LogP contribution in [0.5, 0.6) is 5.75 Å². The van der Waals surface area contributed by atoms with Crippen molar-refractivity contribution in [2.75, 3.05) is 25.0 Å². The Morgan fingerprint density at radius 2 is 1.97 bits per heavy atom. The minimum Gasteiger partial charge on any atom is -0.503 e. The van der Waals surface area contributed by atoms with E-state index in [1.807, 2.05) is 13.8 Å². The summed E-state index contributed by atoms with van der Waals surface area (Å²) in [6.07, 6.45) is 1.30. The van der Waals surface area contributed by atoms with Crippen molar-refractivity contribution < 1.29 is 19.5 Å². The molecule has 0 saturated carbocycles. The lowest BCUT2D eigenvalue weighted by atomic mass is 10.1. The number of nitrogens with zero attached hydrogens (tertiary/aromatic N) is 5. The molecule has 178 valence electrons. The molecular formula is C21H23N7O6. The Bertz CT molecular complexity index is 1430. The van der Waals surface area contributed by atoms with Gasteiger partial charge < -0.3 is 19.9 Å². The molecule has 1 aliphatic rings. The molecular weight excluding hydrogens is 446 g/mol. The van der Waals surface area contributed by atoms with Gasteiger partial charge in [-0.25, -0.2) is 14.3 Å². The average Bonchev–Trinajstić information content (AvgIpc) is 3.18. The molecule has 13 nitrogen and oxygen atoms in total. The summed E-state index contributed by atoms with van der Waals surface area (Å²) in [5.74, 6) is -2.20. The fourth-order valence-corrected chi connectivity index (χ4v) is 3.83. The quantitative estimate of drug-likeness (QED) is 0.438. The van der Waals surface area contributed by atoms with Crippen LogP contribution in [0.4, 0.5) is 5.82 Å². The molecule has 0 aromatic carbocycles. The summed E-state index contributed by atoms with van der Waals surface area (Å²) in [5.41, 5.74) is -0.990. The molecule has 0 fully saturated rings. The van der Waals surface area contributed by atoms with E-state index >= 15 is 0 Å². The van der Waals surface area contributed by atoms with Crippen molar-refractivity contribution in [3.05, 3.63) is 56.4 Å². The number of amides is 3. The number of fused-ring (bicyclic) bond motifs is 2. The SMILES string of the molecule is CC(C)N1CCn2c(N(C)C(=O)CNC(=O)c3ccc4n[nH]c(=O)n4c3)cc(=O)c(O)c2C1=O. The lowest BCUT2D eigenvalue weighted by Crippen LogP contribution is -2.47. The predicted octanol–water partition coefficient (Wildman–Crippen LogP) is -0.853. The van der Waals surface area contributed by atoms with Crippen molar-refractivity contribution in [3.8, 4) is 5.75 Å². The van der Waals surface area contributed by atoms with E-state index in [1.165, 1.54) is 34.8 Å². The molecule has 3 aromatic rings. The Morgan fingerprint density at radius 3 is 2.68 bits per heavy atom. The van der Waals surface area contributed by atoms with Gasteiger partial charge in [0, 0.05) is 38.4 Å². The van der Waals surface area contributed by atoms with Gasteiger partial charge in [0.05, 0.1) is 12.1 Å². The second-order valence-corrected chi connectivity index (χ2v) is 8.12. The van der Waals surface area contributed by atoms with Crippen LogP contribution in [0.25, 0.3) is 5.65 Å². The van der Waals surface area contributed by atoms with Crippen LogP contribution < -0.4 is 21.3 Å². The van der Waals surface area contributed by atoms with E-state index in [4.69, 9.17) is 0 Å². The van der Waals surface area contributed by atoms with Gasteiger partial charge in [0.15, 0.2) is 17.1 Å². The van der Waals surface area contributed by atoms with Crippen molar-refractivity contribution in [3.63, 3.8) is 0 Å². The first-order valence-corrected chi connectivity index (χ1v) is 10.5. The average molecular weight is 469 g/mol. The zero-order valence-corrected chi connectivity index (χ0v) is 18.7. The number of aromatic nitrogens is 4. The molecule has 0 unspecified atom stereocenters. The van der Waals surface area contributed by atoms with Crippen LogP contribution >= 0.6 is 0 Å². The third kappa shape index (κ3) is 3.80. The van der Waals surface area contributed by atoms with Crippen LogP contribution in [-0.4, -0.2) is 73.1 Å². The number of likely N-dealkylation sites (N-methyl/N-ethyl adjacent to an activating group) is 1. The van der Waals surface area contributed by atoms with Gasteiger partial charge in [-0.15, -0.1) is 0 Å². The predicted molar refractivity (Wildman–Crippen MR) is 120 cm³/mol. The van der Waals surface area contributed by atoms with E-state index in [0.29, 0.717) is 12.2 Å². The van der Waals surface area contributed by atoms with Crippen LogP contribution in [0.1, 0.15) is 34.7 Å². The Morgan fingerprint density at radius 1 is 1.24 bits per heavy atom. The number of carbonyl (C=O) groups is 3. The number of hydrogen-bond acceptors (Lipinski definition) is 7. The summed E-state index contributed by atoms with van der Waals surface area (Å²) in [4.78, 5) is 64.9. The molecule has 0 saturated heterocycles. The van der Waals surface area contributed by atoms with Gasteiger partial charge in [0.1, 0.15) is 5.82 Å². The molecule has 3 N–H and O–H groups in total. The Balaban J connectivity index is 1.55. The summed E-state index contributed by atoms with van der Waals surface area (Å²) in [7, 11) is 1.41.